The maximum atomic E-state index is 4.06. The summed E-state index contributed by atoms with van der Waals surface area (Å²) in [6.45, 7) is 1.93. The van der Waals surface area contributed by atoms with Gasteiger partial charge in [-0.05, 0) is 10.4 Å². The lowest BCUT2D eigenvalue weighted by molar-refractivity contribution is 0.621. The van der Waals surface area contributed by atoms with Crippen LogP contribution < -0.4 is 0 Å². The van der Waals surface area contributed by atoms with E-state index in [1.54, 1.807) is 0 Å². The van der Waals surface area contributed by atoms with E-state index in [-0.39, 0.29) is 0 Å². The maximum absolute atomic E-state index is 4.06. The summed E-state index contributed by atoms with van der Waals surface area (Å²) >= 11 is 4.06. The zero-order valence-electron chi connectivity index (χ0n) is 4.44. The molecule has 44 valence electrons. The van der Waals surface area contributed by atoms with Gasteiger partial charge in [0.05, 0.1) is 0 Å². The van der Waals surface area contributed by atoms with Crippen molar-refractivity contribution in [2.24, 2.45) is 20.7 Å². The smallest absolute Gasteiger partial charge is 0.123 e. The Hall–Kier alpha value is -0.450. The lowest BCUT2D eigenvalue weighted by Gasteiger charge is -2.05. The second-order valence-corrected chi connectivity index (χ2v) is 2.22. The predicted molar refractivity (Wildman–Crippen MR) is 31.7 cm³/mol. The minimum absolute atomic E-state index is 0.653. The Morgan fingerprint density at radius 2 is 1.88 bits per heavy atom. The average molecular weight is 130 g/mol. The van der Waals surface area contributed by atoms with E-state index in [0.717, 1.165) is 6.42 Å². The first-order chi connectivity index (χ1) is 3.77. The molecule has 0 fully saturated rings. The van der Waals surface area contributed by atoms with Gasteiger partial charge in [-0.2, -0.15) is 0 Å². The van der Waals surface area contributed by atoms with Crippen molar-refractivity contribution < 1.29 is 0 Å². The molecule has 0 bridgehead atoms. The molecule has 1 aliphatic heterocycles. The minimum atomic E-state index is -0.653. The van der Waals surface area contributed by atoms with Crippen LogP contribution in [0.4, 0.5) is 0 Å². The first kappa shape index (κ1) is 5.68. The van der Waals surface area contributed by atoms with Crippen molar-refractivity contribution in [3.8, 4) is 0 Å². The monoisotopic (exact) mass is 130 g/mol. The van der Waals surface area contributed by atoms with Crippen molar-refractivity contribution in [1.29, 1.82) is 0 Å². The molecule has 0 saturated heterocycles. The number of hydrogen-bond acceptors (Lipinski definition) is 5. The summed E-state index contributed by atoms with van der Waals surface area (Å²) in [4.78, 5) is -0.653. The molecular weight excluding hydrogens is 124 g/mol. The van der Waals surface area contributed by atoms with Gasteiger partial charge in [0, 0.05) is 6.42 Å². The summed E-state index contributed by atoms with van der Waals surface area (Å²) in [5.41, 5.74) is 0. The third kappa shape index (κ3) is 0.861. The van der Waals surface area contributed by atoms with Crippen LogP contribution in [0.5, 0.6) is 0 Å². The first-order valence-electron chi connectivity index (χ1n) is 2.33. The molecule has 5 heteroatoms. The molecule has 1 rings (SSSR count). The van der Waals surface area contributed by atoms with E-state index in [1.165, 1.54) is 0 Å². The van der Waals surface area contributed by atoms with Crippen LogP contribution in [-0.4, -0.2) is 4.99 Å². The molecule has 0 aromatic heterocycles. The molecule has 0 aromatic rings. The predicted octanol–water partition coefficient (Wildman–Crippen LogP) is 1.81. The molecular formula is C3H6N4S. The molecule has 0 aromatic carbocycles. The maximum Gasteiger partial charge on any atom is 0.237 e. The molecule has 0 amide bonds. The molecule has 8 heavy (non-hydrogen) atoms. The van der Waals surface area contributed by atoms with Gasteiger partial charge in [0.25, 0.3) is 0 Å². The van der Waals surface area contributed by atoms with Crippen LogP contribution in [0.15, 0.2) is 20.7 Å². The normalized spacial score (nSPS) is 22.2. The summed E-state index contributed by atoms with van der Waals surface area (Å²) in [5, 5.41) is 13.9. The second-order valence-electron chi connectivity index (χ2n) is 1.51. The van der Waals surface area contributed by atoms with Gasteiger partial charge in [-0.25, -0.2) is 0 Å². The van der Waals surface area contributed by atoms with Crippen LogP contribution in [0.1, 0.15) is 13.3 Å². The van der Waals surface area contributed by atoms with Gasteiger partial charge in [0.1, 0.15) is 0 Å². The van der Waals surface area contributed by atoms with Gasteiger partial charge in [-0.3, -0.25) is 0 Å². The fourth-order valence-corrected chi connectivity index (χ4v) is 0.425. The van der Waals surface area contributed by atoms with Crippen molar-refractivity contribution in [2.75, 3.05) is 0 Å². The molecule has 0 spiro atoms. The summed E-state index contributed by atoms with van der Waals surface area (Å²) in [5.74, 6) is 0. The van der Waals surface area contributed by atoms with Crippen molar-refractivity contribution in [2.45, 2.75) is 18.3 Å². The molecule has 0 atom stereocenters. The largest absolute Gasteiger partial charge is 0.237 e. The summed E-state index contributed by atoms with van der Waals surface area (Å²) in [6.07, 6.45) is 0.725. The van der Waals surface area contributed by atoms with E-state index in [2.05, 4.69) is 33.3 Å². The van der Waals surface area contributed by atoms with E-state index in [4.69, 9.17) is 0 Å². The topological polar surface area (TPSA) is 49.4 Å². The molecule has 0 aliphatic carbocycles. The summed E-state index contributed by atoms with van der Waals surface area (Å²) < 4.78 is 0. The molecule has 0 N–H and O–H groups in total. The highest BCUT2D eigenvalue weighted by Gasteiger charge is 2.24. The van der Waals surface area contributed by atoms with Gasteiger partial charge < -0.3 is 0 Å². The number of hydrogen-bond donors (Lipinski definition) is 1. The fourth-order valence-electron chi connectivity index (χ4n) is 0.345. The Kier molecular flexibility index (Phi) is 1.29. The van der Waals surface area contributed by atoms with Crippen molar-refractivity contribution in [1.82, 2.24) is 0 Å². The van der Waals surface area contributed by atoms with E-state index < -0.39 is 4.99 Å². The van der Waals surface area contributed by atoms with Crippen molar-refractivity contribution in [3.63, 3.8) is 0 Å². The highest BCUT2D eigenvalue weighted by molar-refractivity contribution is 7.81. The Bertz CT molecular complexity index is 128. The lowest BCUT2D eigenvalue weighted by atomic mass is 10.4. The molecule has 0 radical (unpaired) electrons. The highest BCUT2D eigenvalue weighted by atomic mass is 32.1. The Labute approximate surface area is 52.5 Å². The third-order valence-electron chi connectivity index (χ3n) is 0.924. The van der Waals surface area contributed by atoms with Crippen LogP contribution in [0.3, 0.4) is 0 Å². The minimum Gasteiger partial charge on any atom is -0.123 e. The van der Waals surface area contributed by atoms with Crippen molar-refractivity contribution >= 4 is 12.6 Å². The molecule has 1 heterocycles. The van der Waals surface area contributed by atoms with Gasteiger partial charge in [0.15, 0.2) is 0 Å². The van der Waals surface area contributed by atoms with Gasteiger partial charge in [-0.1, -0.05) is 6.92 Å². The van der Waals surface area contributed by atoms with E-state index in [0.29, 0.717) is 0 Å². The van der Waals surface area contributed by atoms with Gasteiger partial charge >= 0.3 is 0 Å². The number of rotatable bonds is 1. The Morgan fingerprint density at radius 1 is 1.38 bits per heavy atom. The Morgan fingerprint density at radius 3 is 2.12 bits per heavy atom. The zero-order chi connectivity index (χ0) is 6.04. The lowest BCUT2D eigenvalue weighted by Crippen LogP contribution is -2.08. The standard InChI is InChI=1S/C3H6N4S/c1-2-3(8)4-6-7-5-3/h8H,2H2,1H3. The third-order valence-corrected chi connectivity index (χ3v) is 1.42. The Balaban J connectivity index is 2.69. The van der Waals surface area contributed by atoms with E-state index >= 15 is 0 Å². The van der Waals surface area contributed by atoms with Crippen LogP contribution in [-0.2, 0) is 0 Å². The first-order valence-corrected chi connectivity index (χ1v) is 2.78. The SMILES string of the molecule is CCC1(S)N=NN=N1. The van der Waals surface area contributed by atoms with Gasteiger partial charge in [0.2, 0.25) is 4.99 Å². The zero-order valence-corrected chi connectivity index (χ0v) is 5.34. The molecule has 4 nitrogen and oxygen atoms in total. The van der Waals surface area contributed by atoms with Crippen molar-refractivity contribution in [3.05, 3.63) is 0 Å². The number of thiol groups is 1. The van der Waals surface area contributed by atoms with Crippen LogP contribution in [0.2, 0.25) is 0 Å². The van der Waals surface area contributed by atoms with E-state index in [1.807, 2.05) is 6.92 Å². The van der Waals surface area contributed by atoms with Crippen LogP contribution in [0, 0.1) is 0 Å². The quantitative estimate of drug-likeness (QED) is 0.526. The fraction of sp³-hybridized carbons (Fsp3) is 1.00. The molecule has 0 unspecified atom stereocenters. The average Bonchev–Trinajstić information content (AvgIpc) is 2.17. The van der Waals surface area contributed by atoms with Gasteiger partial charge in [-0.15, -0.1) is 22.9 Å². The summed E-state index contributed by atoms with van der Waals surface area (Å²) in [6, 6.07) is 0. The van der Waals surface area contributed by atoms with E-state index in [9.17, 15) is 0 Å². The highest BCUT2D eigenvalue weighted by Crippen LogP contribution is 2.27. The number of nitrogens with zero attached hydrogens (tertiary/aromatic N) is 4. The van der Waals surface area contributed by atoms with Crippen LogP contribution >= 0.6 is 12.6 Å². The summed E-state index contributed by atoms with van der Waals surface area (Å²) in [7, 11) is 0. The molecule has 1 aliphatic rings. The van der Waals surface area contributed by atoms with Crippen LogP contribution in [0.25, 0.3) is 0 Å². The molecule has 0 saturated carbocycles. The second kappa shape index (κ2) is 1.81.